The maximum absolute atomic E-state index is 5.19. The molecule has 0 aliphatic carbocycles. The molecule has 208 valence electrons. The number of amidine groups is 1. The van der Waals surface area contributed by atoms with Crippen molar-refractivity contribution in [2.24, 2.45) is 9.98 Å². The summed E-state index contributed by atoms with van der Waals surface area (Å²) in [5.41, 5.74) is 7.56. The lowest BCUT2D eigenvalue weighted by Crippen LogP contribution is -2.20. The lowest BCUT2D eigenvalue weighted by Gasteiger charge is -2.32. The van der Waals surface area contributed by atoms with Crippen molar-refractivity contribution in [1.29, 1.82) is 0 Å². The van der Waals surface area contributed by atoms with Gasteiger partial charge in [-0.25, -0.2) is 0 Å². The highest BCUT2D eigenvalue weighted by Crippen LogP contribution is 2.39. The highest BCUT2D eigenvalue weighted by molar-refractivity contribution is 6.23. The Morgan fingerprint density at radius 3 is 1.70 bits per heavy atom. The standard InChI is InChI=1S/C39H26N5/c1-4-14-26(15-5-1)37-40-38(27-16-6-2-7-17-27)42-39(41-37)44-34-23-13-11-21-30(34)32-24-31-29-20-10-12-22-33(29)43(35(31)25-36(32)44)28-18-8-3-9-19-28/h1-25,37H/q-1. The molecule has 1 unspecified atom stereocenters. The Kier molecular flexibility index (Phi) is 5.50. The molecule has 2 aromatic heterocycles. The predicted octanol–water partition coefficient (Wildman–Crippen LogP) is 9.63. The molecule has 0 amide bonds. The lowest BCUT2D eigenvalue weighted by molar-refractivity contribution is 0.864. The Bertz CT molecular complexity index is 2400. The second kappa shape index (κ2) is 9.82. The molecule has 0 bridgehead atoms. The van der Waals surface area contributed by atoms with E-state index in [0.717, 1.165) is 33.4 Å². The number of para-hydroxylation sites is 3. The van der Waals surface area contributed by atoms with Crippen LogP contribution in [0.2, 0.25) is 0 Å². The van der Waals surface area contributed by atoms with E-state index in [-0.39, 0.29) is 0 Å². The fourth-order valence-corrected chi connectivity index (χ4v) is 6.52. The number of hydrogen-bond acceptors (Lipinski definition) is 2. The summed E-state index contributed by atoms with van der Waals surface area (Å²) in [5.74, 6) is 1.30. The summed E-state index contributed by atoms with van der Waals surface area (Å²) in [5, 5.41) is 9.80. The largest absolute Gasteiger partial charge is 0.438 e. The van der Waals surface area contributed by atoms with Crippen LogP contribution in [0.1, 0.15) is 17.3 Å². The molecule has 1 atom stereocenters. The van der Waals surface area contributed by atoms with Crippen LogP contribution in [0.4, 0.5) is 0 Å². The molecule has 0 radical (unpaired) electrons. The summed E-state index contributed by atoms with van der Waals surface area (Å²) in [6.45, 7) is 0. The van der Waals surface area contributed by atoms with Gasteiger partial charge < -0.3 is 14.9 Å². The second-order valence-corrected chi connectivity index (χ2v) is 11.1. The smallest absolute Gasteiger partial charge is 0.123 e. The summed E-state index contributed by atoms with van der Waals surface area (Å²) in [6, 6.07) is 52.8. The van der Waals surface area contributed by atoms with Gasteiger partial charge in [0.25, 0.3) is 0 Å². The van der Waals surface area contributed by atoms with E-state index in [0.29, 0.717) is 11.8 Å². The highest BCUT2D eigenvalue weighted by atomic mass is 15.3. The molecule has 1 aliphatic rings. The van der Waals surface area contributed by atoms with Crippen LogP contribution in [0, 0.1) is 0 Å². The Labute approximate surface area is 254 Å². The van der Waals surface area contributed by atoms with E-state index < -0.39 is 6.17 Å². The average molecular weight is 565 g/mol. The summed E-state index contributed by atoms with van der Waals surface area (Å²) in [4.78, 5) is 10.3. The van der Waals surface area contributed by atoms with Crippen molar-refractivity contribution in [2.75, 3.05) is 0 Å². The first kappa shape index (κ1) is 24.6. The number of benzene rings is 6. The van der Waals surface area contributed by atoms with Crippen LogP contribution in [-0.2, 0) is 0 Å². The quantitative estimate of drug-likeness (QED) is 0.205. The van der Waals surface area contributed by atoms with Crippen molar-refractivity contribution in [3.8, 4) is 5.69 Å². The lowest BCUT2D eigenvalue weighted by atomic mass is 10.1. The van der Waals surface area contributed by atoms with Gasteiger partial charge in [0.05, 0.1) is 28.2 Å². The van der Waals surface area contributed by atoms with Gasteiger partial charge in [0.1, 0.15) is 5.96 Å². The molecule has 6 aromatic carbocycles. The van der Waals surface area contributed by atoms with Gasteiger partial charge >= 0.3 is 0 Å². The Morgan fingerprint density at radius 1 is 0.477 bits per heavy atom. The number of hydrogen-bond donors (Lipinski definition) is 0. The second-order valence-electron chi connectivity index (χ2n) is 11.1. The number of aliphatic imine (C=N–C) groups is 2. The van der Waals surface area contributed by atoms with E-state index in [9.17, 15) is 0 Å². The molecule has 44 heavy (non-hydrogen) atoms. The number of rotatable bonds is 3. The molecule has 8 aromatic rings. The Hall–Kier alpha value is -5.94. The normalized spacial score (nSPS) is 15.0. The van der Waals surface area contributed by atoms with Crippen LogP contribution in [0.3, 0.4) is 0 Å². The molecule has 5 nitrogen and oxygen atoms in total. The van der Waals surface area contributed by atoms with Crippen LogP contribution >= 0.6 is 0 Å². The molecular weight excluding hydrogens is 538 g/mol. The maximum Gasteiger partial charge on any atom is 0.123 e. The summed E-state index contributed by atoms with van der Waals surface area (Å²) < 4.78 is 4.57. The minimum absolute atomic E-state index is 0.408. The van der Waals surface area contributed by atoms with Crippen LogP contribution in [-0.4, -0.2) is 20.9 Å². The number of fused-ring (bicyclic) bond motifs is 6. The summed E-state index contributed by atoms with van der Waals surface area (Å²) in [7, 11) is 0. The predicted molar refractivity (Wildman–Crippen MR) is 182 cm³/mol. The van der Waals surface area contributed by atoms with Crippen molar-refractivity contribution in [3.63, 3.8) is 0 Å². The van der Waals surface area contributed by atoms with E-state index in [1.807, 2.05) is 36.4 Å². The van der Waals surface area contributed by atoms with E-state index in [2.05, 4.69) is 124 Å². The summed E-state index contributed by atoms with van der Waals surface area (Å²) in [6.07, 6.45) is -0.408. The fraction of sp³-hybridized carbons (Fsp3) is 0.0256. The number of nitrogens with zero attached hydrogens (tertiary/aromatic N) is 5. The Morgan fingerprint density at radius 2 is 1.02 bits per heavy atom. The summed E-state index contributed by atoms with van der Waals surface area (Å²) >= 11 is 0. The van der Waals surface area contributed by atoms with Gasteiger partial charge in [-0.3, -0.25) is 9.56 Å². The molecule has 0 saturated heterocycles. The van der Waals surface area contributed by atoms with Crippen LogP contribution in [0.5, 0.6) is 0 Å². The topological polar surface area (TPSA) is 48.7 Å². The first-order valence-electron chi connectivity index (χ1n) is 14.8. The van der Waals surface area contributed by atoms with Gasteiger partial charge in [0.2, 0.25) is 0 Å². The van der Waals surface area contributed by atoms with Gasteiger partial charge in [0, 0.05) is 27.2 Å². The zero-order chi connectivity index (χ0) is 29.0. The average Bonchev–Trinajstić information content (AvgIpc) is 3.60. The molecule has 0 spiro atoms. The number of aromatic nitrogens is 2. The van der Waals surface area contributed by atoms with Crippen molar-refractivity contribution in [2.45, 2.75) is 6.17 Å². The van der Waals surface area contributed by atoms with Crippen LogP contribution in [0.25, 0.3) is 54.6 Å². The fourth-order valence-electron chi connectivity index (χ4n) is 6.52. The molecule has 1 aliphatic heterocycles. The first-order chi connectivity index (χ1) is 21.8. The molecular formula is C39H26N5-. The van der Waals surface area contributed by atoms with E-state index in [1.165, 1.54) is 27.1 Å². The minimum Gasteiger partial charge on any atom is -0.438 e. The van der Waals surface area contributed by atoms with Crippen LogP contribution < -0.4 is 0 Å². The monoisotopic (exact) mass is 564 g/mol. The van der Waals surface area contributed by atoms with Gasteiger partial charge in [0.15, 0.2) is 0 Å². The van der Waals surface area contributed by atoms with Crippen molar-refractivity contribution >= 4 is 55.4 Å². The molecule has 3 heterocycles. The molecule has 9 rings (SSSR count). The zero-order valence-corrected chi connectivity index (χ0v) is 23.7. The molecule has 0 fully saturated rings. The van der Waals surface area contributed by atoms with Gasteiger partial charge in [-0.05, 0) is 47.5 Å². The molecule has 0 saturated carbocycles. The van der Waals surface area contributed by atoms with Gasteiger partial charge in [-0.2, -0.15) is 0 Å². The van der Waals surface area contributed by atoms with Crippen molar-refractivity contribution in [1.82, 2.24) is 9.13 Å². The highest BCUT2D eigenvalue weighted by Gasteiger charge is 2.20. The van der Waals surface area contributed by atoms with E-state index in [4.69, 9.17) is 15.3 Å². The maximum atomic E-state index is 5.19. The van der Waals surface area contributed by atoms with Gasteiger partial charge in [-0.1, -0.05) is 121 Å². The SMILES string of the molecule is c1ccc(C2=NC(n3c4ccccc4c4cc5c6ccccc6n(-c6ccccc6)c5cc43)=NC(c3ccccc3)[N-]2)cc1. The minimum atomic E-state index is -0.408. The van der Waals surface area contributed by atoms with Crippen LogP contribution in [0.15, 0.2) is 162 Å². The first-order valence-corrected chi connectivity index (χ1v) is 14.8. The van der Waals surface area contributed by atoms with Crippen molar-refractivity contribution < 1.29 is 0 Å². The molecule has 0 N–H and O–H groups in total. The molecule has 5 heteroatoms. The van der Waals surface area contributed by atoms with E-state index in [1.54, 1.807) is 0 Å². The zero-order valence-electron chi connectivity index (χ0n) is 23.7. The van der Waals surface area contributed by atoms with E-state index >= 15 is 0 Å². The van der Waals surface area contributed by atoms with Gasteiger partial charge in [-0.15, -0.1) is 0 Å². The Balaban J connectivity index is 1.37. The third kappa shape index (κ3) is 3.80. The third-order valence-corrected chi connectivity index (χ3v) is 8.50. The van der Waals surface area contributed by atoms with Crippen molar-refractivity contribution in [3.05, 3.63) is 168 Å². The third-order valence-electron chi connectivity index (χ3n) is 8.50.